The molecule has 2 heterocycles. The molecule has 0 radical (unpaired) electrons. The summed E-state index contributed by atoms with van der Waals surface area (Å²) in [5, 5.41) is 5.94. The van der Waals surface area contributed by atoms with Crippen LogP contribution in [0.2, 0.25) is 0 Å². The lowest BCUT2D eigenvalue weighted by Crippen LogP contribution is -2.23. The van der Waals surface area contributed by atoms with Crippen LogP contribution in [0.25, 0.3) is 0 Å². The molecule has 0 aliphatic rings. The Bertz CT molecular complexity index is 1080. The first-order valence-corrected chi connectivity index (χ1v) is 8.99. The van der Waals surface area contributed by atoms with Gasteiger partial charge in [-0.15, -0.1) is 0 Å². The second-order valence-corrected chi connectivity index (χ2v) is 6.09. The first-order valence-electron chi connectivity index (χ1n) is 8.99. The minimum absolute atomic E-state index is 0.246. The third-order valence-electron chi connectivity index (χ3n) is 4.02. The molecule has 0 saturated heterocycles. The zero-order chi connectivity index (χ0) is 19.9. The van der Waals surface area contributed by atoms with E-state index in [2.05, 4.69) is 20.6 Å². The highest BCUT2D eigenvalue weighted by Crippen LogP contribution is 2.30. The predicted molar refractivity (Wildman–Crippen MR) is 108 cm³/mol. The molecule has 1 amide bonds. The molecule has 144 valence electrons. The van der Waals surface area contributed by atoms with Gasteiger partial charge in [0.15, 0.2) is 5.75 Å². The zero-order valence-corrected chi connectivity index (χ0v) is 15.4. The van der Waals surface area contributed by atoms with Gasteiger partial charge in [-0.3, -0.25) is 4.79 Å². The van der Waals surface area contributed by atoms with Crippen molar-refractivity contribution in [3.05, 3.63) is 96.8 Å². The predicted octanol–water partition coefficient (Wildman–Crippen LogP) is 4.54. The normalized spacial score (nSPS) is 10.3. The van der Waals surface area contributed by atoms with Gasteiger partial charge in [-0.1, -0.05) is 30.3 Å². The van der Waals surface area contributed by atoms with Crippen molar-refractivity contribution in [2.45, 2.75) is 6.54 Å². The number of furan rings is 1. The molecule has 0 bridgehead atoms. The molecule has 0 unspecified atom stereocenters. The van der Waals surface area contributed by atoms with Crippen LogP contribution < -0.4 is 15.4 Å². The average Bonchev–Trinajstić information content (AvgIpc) is 3.28. The Labute approximate surface area is 167 Å². The van der Waals surface area contributed by atoms with Crippen LogP contribution in [0.15, 0.2) is 89.8 Å². The second kappa shape index (κ2) is 8.71. The summed E-state index contributed by atoms with van der Waals surface area (Å²) >= 11 is 0. The van der Waals surface area contributed by atoms with E-state index in [1.165, 1.54) is 6.33 Å². The third kappa shape index (κ3) is 4.78. The Hall–Kier alpha value is -4.13. The number of carbonyl (C=O) groups excluding carboxylic acids is 1. The van der Waals surface area contributed by atoms with Crippen LogP contribution in [0.1, 0.15) is 16.2 Å². The highest BCUT2D eigenvalue weighted by Gasteiger charge is 2.11. The first kappa shape index (κ1) is 18.2. The van der Waals surface area contributed by atoms with E-state index < -0.39 is 0 Å². The lowest BCUT2D eigenvalue weighted by Gasteiger charge is -2.13. The van der Waals surface area contributed by atoms with E-state index in [-0.39, 0.29) is 18.1 Å². The van der Waals surface area contributed by atoms with Crippen molar-refractivity contribution < 1.29 is 13.9 Å². The van der Waals surface area contributed by atoms with Crippen LogP contribution in [0.5, 0.6) is 11.5 Å². The maximum absolute atomic E-state index is 12.4. The molecule has 0 spiro atoms. The molecule has 0 aliphatic carbocycles. The Kier molecular flexibility index (Phi) is 5.48. The smallest absolute Gasteiger partial charge is 0.270 e. The largest absolute Gasteiger partial charge is 0.467 e. The zero-order valence-electron chi connectivity index (χ0n) is 15.4. The SMILES string of the molecule is O=C(NCc1ccco1)c1cc(Nc2ccccc2Oc2ccccc2)ncn1. The van der Waals surface area contributed by atoms with Crippen LogP contribution in [-0.2, 0) is 6.54 Å². The van der Waals surface area contributed by atoms with Gasteiger partial charge in [0.25, 0.3) is 5.91 Å². The first-order chi connectivity index (χ1) is 14.3. The summed E-state index contributed by atoms with van der Waals surface area (Å²) < 4.78 is 11.2. The number of hydrogen-bond acceptors (Lipinski definition) is 6. The molecule has 29 heavy (non-hydrogen) atoms. The molecular formula is C22H18N4O3. The maximum Gasteiger partial charge on any atom is 0.270 e. The van der Waals surface area contributed by atoms with Gasteiger partial charge in [0.1, 0.15) is 29.3 Å². The van der Waals surface area contributed by atoms with Gasteiger partial charge in [-0.05, 0) is 36.4 Å². The van der Waals surface area contributed by atoms with Crippen LogP contribution in [0.4, 0.5) is 11.5 Å². The molecule has 2 N–H and O–H groups in total. The molecule has 0 aliphatic heterocycles. The Morgan fingerprint density at radius 2 is 1.79 bits per heavy atom. The molecule has 2 aromatic heterocycles. The number of anilines is 2. The number of hydrogen-bond donors (Lipinski definition) is 2. The quantitative estimate of drug-likeness (QED) is 0.485. The van der Waals surface area contributed by atoms with Crippen LogP contribution in [-0.4, -0.2) is 15.9 Å². The number of para-hydroxylation sites is 3. The molecule has 0 atom stereocenters. The number of carbonyl (C=O) groups is 1. The minimum atomic E-state index is -0.319. The van der Waals surface area contributed by atoms with Gasteiger partial charge >= 0.3 is 0 Å². The fourth-order valence-corrected chi connectivity index (χ4v) is 2.63. The lowest BCUT2D eigenvalue weighted by molar-refractivity contribution is 0.0943. The van der Waals surface area contributed by atoms with Gasteiger partial charge < -0.3 is 19.8 Å². The van der Waals surface area contributed by atoms with E-state index in [9.17, 15) is 4.79 Å². The number of rotatable bonds is 7. The third-order valence-corrected chi connectivity index (χ3v) is 4.02. The fraction of sp³-hybridized carbons (Fsp3) is 0.0455. The van der Waals surface area contributed by atoms with Crippen LogP contribution in [0.3, 0.4) is 0 Å². The number of nitrogens with one attached hydrogen (secondary N) is 2. The maximum atomic E-state index is 12.4. The Balaban J connectivity index is 1.47. The highest BCUT2D eigenvalue weighted by atomic mass is 16.5. The fourth-order valence-electron chi connectivity index (χ4n) is 2.63. The van der Waals surface area contributed by atoms with Crippen LogP contribution >= 0.6 is 0 Å². The van der Waals surface area contributed by atoms with Gasteiger partial charge in [-0.25, -0.2) is 9.97 Å². The summed E-state index contributed by atoms with van der Waals surface area (Å²) in [5.41, 5.74) is 0.965. The molecule has 2 aromatic carbocycles. The molecular weight excluding hydrogens is 368 g/mol. The van der Waals surface area contributed by atoms with E-state index >= 15 is 0 Å². The monoisotopic (exact) mass is 386 g/mol. The summed E-state index contributed by atoms with van der Waals surface area (Å²) in [6.07, 6.45) is 2.90. The average molecular weight is 386 g/mol. The van der Waals surface area contributed by atoms with Gasteiger partial charge in [0.05, 0.1) is 18.5 Å². The molecule has 4 aromatic rings. The van der Waals surface area contributed by atoms with E-state index in [0.29, 0.717) is 17.3 Å². The molecule has 7 nitrogen and oxygen atoms in total. The van der Waals surface area contributed by atoms with Gasteiger partial charge in [0.2, 0.25) is 0 Å². The van der Waals surface area contributed by atoms with Crippen molar-refractivity contribution in [2.75, 3.05) is 5.32 Å². The molecule has 4 rings (SSSR count). The van der Waals surface area contributed by atoms with Gasteiger partial charge in [-0.2, -0.15) is 0 Å². The molecule has 7 heteroatoms. The Morgan fingerprint density at radius 1 is 0.966 bits per heavy atom. The van der Waals surface area contributed by atoms with E-state index in [0.717, 1.165) is 11.4 Å². The molecule has 0 fully saturated rings. The van der Waals surface area contributed by atoms with Crippen molar-refractivity contribution in [3.63, 3.8) is 0 Å². The highest BCUT2D eigenvalue weighted by molar-refractivity contribution is 5.92. The number of aromatic nitrogens is 2. The van der Waals surface area contributed by atoms with E-state index in [1.807, 2.05) is 54.6 Å². The van der Waals surface area contributed by atoms with Crippen LogP contribution in [0, 0.1) is 0 Å². The van der Waals surface area contributed by atoms with E-state index in [4.69, 9.17) is 9.15 Å². The summed E-state index contributed by atoms with van der Waals surface area (Å²) in [4.78, 5) is 20.6. The summed E-state index contributed by atoms with van der Waals surface area (Å²) in [7, 11) is 0. The number of amides is 1. The summed E-state index contributed by atoms with van der Waals surface area (Å²) in [6.45, 7) is 0.284. The van der Waals surface area contributed by atoms with Crippen molar-refractivity contribution in [2.24, 2.45) is 0 Å². The topological polar surface area (TPSA) is 89.3 Å². The Morgan fingerprint density at radius 3 is 2.62 bits per heavy atom. The van der Waals surface area contributed by atoms with E-state index in [1.54, 1.807) is 24.5 Å². The van der Waals surface area contributed by atoms with Crippen molar-refractivity contribution >= 4 is 17.4 Å². The number of ether oxygens (including phenoxy) is 1. The van der Waals surface area contributed by atoms with Crippen molar-refractivity contribution in [1.82, 2.24) is 15.3 Å². The van der Waals surface area contributed by atoms with Crippen molar-refractivity contribution in [3.8, 4) is 11.5 Å². The summed E-state index contributed by atoms with van der Waals surface area (Å²) in [6, 6.07) is 22.1. The lowest BCUT2D eigenvalue weighted by atomic mass is 10.2. The number of nitrogens with zero attached hydrogens (tertiary/aromatic N) is 2. The second-order valence-electron chi connectivity index (χ2n) is 6.09. The number of benzene rings is 2. The van der Waals surface area contributed by atoms with Crippen molar-refractivity contribution in [1.29, 1.82) is 0 Å². The molecule has 0 saturated carbocycles. The summed E-state index contributed by atoms with van der Waals surface area (Å²) in [5.74, 6) is 2.19. The standard InChI is InChI=1S/C22H18N4O3/c27-22(23-14-17-9-6-12-28-17)19-13-21(25-15-24-19)26-18-10-4-5-11-20(18)29-16-7-2-1-3-8-16/h1-13,15H,14H2,(H,23,27)(H,24,25,26). The minimum Gasteiger partial charge on any atom is -0.467 e. The van der Waals surface area contributed by atoms with Gasteiger partial charge in [0, 0.05) is 6.07 Å².